The van der Waals surface area contributed by atoms with Gasteiger partial charge in [-0.25, -0.2) is 9.78 Å². The van der Waals surface area contributed by atoms with Crippen molar-refractivity contribution in [1.82, 2.24) is 9.55 Å². The van der Waals surface area contributed by atoms with Crippen LogP contribution in [0.4, 0.5) is 10.5 Å². The van der Waals surface area contributed by atoms with Gasteiger partial charge >= 0.3 is 6.03 Å². The lowest BCUT2D eigenvalue weighted by molar-refractivity contribution is 0.249. The van der Waals surface area contributed by atoms with Gasteiger partial charge in [0.25, 0.3) is 0 Å². The molecular formula is C17H15N3O. The highest BCUT2D eigenvalue weighted by Gasteiger charge is 2.17. The van der Waals surface area contributed by atoms with Crippen molar-refractivity contribution in [3.8, 4) is 11.4 Å². The number of carbonyl (C=O) groups excluding carboxylic acids is 1. The normalized spacial score (nSPS) is 10.3. The molecule has 0 radical (unpaired) electrons. The lowest BCUT2D eigenvalue weighted by Crippen LogP contribution is -2.30. The molecule has 3 rings (SSSR count). The molecule has 21 heavy (non-hydrogen) atoms. The molecule has 0 N–H and O–H groups in total. The molecule has 1 aromatic heterocycles. The van der Waals surface area contributed by atoms with Gasteiger partial charge in [-0.1, -0.05) is 48.5 Å². The lowest BCUT2D eigenvalue weighted by atomic mass is 10.2. The van der Waals surface area contributed by atoms with Gasteiger partial charge in [-0.05, 0) is 12.1 Å². The van der Waals surface area contributed by atoms with Gasteiger partial charge in [-0.2, -0.15) is 0 Å². The van der Waals surface area contributed by atoms with E-state index in [2.05, 4.69) is 4.98 Å². The molecule has 0 aliphatic rings. The van der Waals surface area contributed by atoms with Crippen molar-refractivity contribution in [2.75, 3.05) is 11.9 Å². The highest BCUT2D eigenvalue weighted by molar-refractivity contribution is 5.95. The zero-order valence-corrected chi connectivity index (χ0v) is 11.7. The molecule has 4 heteroatoms. The number of aromatic nitrogens is 2. The second-order valence-electron chi connectivity index (χ2n) is 4.66. The minimum atomic E-state index is -0.141. The van der Waals surface area contributed by atoms with Crippen LogP contribution in [0, 0.1) is 0 Å². The average molecular weight is 277 g/mol. The predicted octanol–water partition coefficient (Wildman–Crippen LogP) is 3.65. The number of rotatable bonds is 2. The number of hydrogen-bond acceptors (Lipinski definition) is 2. The summed E-state index contributed by atoms with van der Waals surface area (Å²) in [5.74, 6) is 0.642. The Morgan fingerprint density at radius 2 is 1.62 bits per heavy atom. The van der Waals surface area contributed by atoms with Crippen LogP contribution in [0.25, 0.3) is 11.4 Å². The zero-order valence-electron chi connectivity index (χ0n) is 11.7. The van der Waals surface area contributed by atoms with Crippen LogP contribution in [0.1, 0.15) is 0 Å². The van der Waals surface area contributed by atoms with Crippen LogP contribution in [-0.2, 0) is 0 Å². The summed E-state index contributed by atoms with van der Waals surface area (Å²) >= 11 is 0. The Balaban J connectivity index is 1.95. The number of benzene rings is 2. The standard InChI is InChI=1S/C17H15N3O/c1-19(15-10-6-3-7-11-15)17(21)20-13-12-18-16(20)14-8-4-2-5-9-14/h2-13H,1H3. The van der Waals surface area contributed by atoms with Gasteiger partial charge in [0.15, 0.2) is 0 Å². The van der Waals surface area contributed by atoms with Crippen LogP contribution in [0.15, 0.2) is 73.1 Å². The van der Waals surface area contributed by atoms with E-state index in [0.29, 0.717) is 5.82 Å². The number of amides is 1. The first-order chi connectivity index (χ1) is 10.3. The number of carbonyl (C=O) groups is 1. The quantitative estimate of drug-likeness (QED) is 0.717. The first kappa shape index (κ1) is 13.1. The van der Waals surface area contributed by atoms with Crippen LogP contribution in [-0.4, -0.2) is 22.6 Å². The van der Waals surface area contributed by atoms with Crippen molar-refractivity contribution >= 4 is 11.7 Å². The second-order valence-corrected chi connectivity index (χ2v) is 4.66. The molecular weight excluding hydrogens is 262 g/mol. The van der Waals surface area contributed by atoms with E-state index in [0.717, 1.165) is 11.3 Å². The third-order valence-electron chi connectivity index (χ3n) is 3.31. The molecule has 3 aromatic rings. The third-order valence-corrected chi connectivity index (χ3v) is 3.31. The summed E-state index contributed by atoms with van der Waals surface area (Å²) in [4.78, 5) is 18.6. The Bertz CT molecular complexity index is 735. The van der Waals surface area contributed by atoms with E-state index in [9.17, 15) is 4.79 Å². The molecule has 0 unspecified atom stereocenters. The van der Waals surface area contributed by atoms with Crippen LogP contribution in [0.2, 0.25) is 0 Å². The van der Waals surface area contributed by atoms with Crippen LogP contribution >= 0.6 is 0 Å². The van der Waals surface area contributed by atoms with E-state index in [1.54, 1.807) is 28.9 Å². The summed E-state index contributed by atoms with van der Waals surface area (Å²) < 4.78 is 1.56. The van der Waals surface area contributed by atoms with Crippen molar-refractivity contribution in [1.29, 1.82) is 0 Å². The van der Waals surface area contributed by atoms with Gasteiger partial charge in [0, 0.05) is 30.7 Å². The SMILES string of the molecule is CN(C(=O)n1ccnc1-c1ccccc1)c1ccccc1. The number of hydrogen-bond donors (Lipinski definition) is 0. The lowest BCUT2D eigenvalue weighted by Gasteiger charge is -2.18. The molecule has 2 aromatic carbocycles. The molecule has 0 aliphatic carbocycles. The van der Waals surface area contributed by atoms with Crippen molar-refractivity contribution in [3.63, 3.8) is 0 Å². The Labute approximate surface area is 123 Å². The Morgan fingerprint density at radius 1 is 1.00 bits per heavy atom. The number of para-hydroxylation sites is 1. The molecule has 0 saturated heterocycles. The molecule has 0 saturated carbocycles. The van der Waals surface area contributed by atoms with Crippen molar-refractivity contribution in [2.45, 2.75) is 0 Å². The maximum absolute atomic E-state index is 12.6. The topological polar surface area (TPSA) is 38.1 Å². The Hall–Kier alpha value is -2.88. The van der Waals surface area contributed by atoms with Gasteiger partial charge < -0.3 is 0 Å². The van der Waals surface area contributed by atoms with Crippen LogP contribution < -0.4 is 4.90 Å². The van der Waals surface area contributed by atoms with Crippen molar-refractivity contribution in [3.05, 3.63) is 73.1 Å². The van der Waals surface area contributed by atoms with E-state index < -0.39 is 0 Å². The van der Waals surface area contributed by atoms with E-state index in [-0.39, 0.29) is 6.03 Å². The highest BCUT2D eigenvalue weighted by atomic mass is 16.2. The molecule has 104 valence electrons. The summed E-state index contributed by atoms with van der Waals surface area (Å²) in [5.41, 5.74) is 1.76. The first-order valence-electron chi connectivity index (χ1n) is 6.69. The minimum absolute atomic E-state index is 0.141. The molecule has 4 nitrogen and oxygen atoms in total. The highest BCUT2D eigenvalue weighted by Crippen LogP contribution is 2.19. The molecule has 0 atom stereocenters. The molecule has 0 fully saturated rings. The fourth-order valence-electron chi connectivity index (χ4n) is 2.18. The summed E-state index contributed by atoms with van der Waals surface area (Å²) in [6, 6.07) is 19.1. The van der Waals surface area contributed by atoms with Gasteiger partial charge in [-0.15, -0.1) is 0 Å². The van der Waals surface area contributed by atoms with E-state index in [1.807, 2.05) is 60.7 Å². The number of nitrogens with zero attached hydrogens (tertiary/aromatic N) is 3. The Morgan fingerprint density at radius 3 is 2.29 bits per heavy atom. The van der Waals surface area contributed by atoms with Crippen molar-refractivity contribution < 1.29 is 4.79 Å². The third kappa shape index (κ3) is 2.56. The predicted molar refractivity (Wildman–Crippen MR) is 83.3 cm³/mol. The Kier molecular flexibility index (Phi) is 3.51. The van der Waals surface area contributed by atoms with Gasteiger partial charge in [-0.3, -0.25) is 9.47 Å². The average Bonchev–Trinajstić information content (AvgIpc) is 3.04. The van der Waals surface area contributed by atoms with Gasteiger partial charge in [0.05, 0.1) is 0 Å². The number of imidazole rings is 1. The summed E-state index contributed by atoms with van der Waals surface area (Å²) in [6.07, 6.45) is 3.32. The molecule has 1 amide bonds. The monoisotopic (exact) mass is 277 g/mol. The van der Waals surface area contributed by atoms with Crippen LogP contribution in [0.5, 0.6) is 0 Å². The largest absolute Gasteiger partial charge is 0.334 e. The van der Waals surface area contributed by atoms with Gasteiger partial charge in [0.1, 0.15) is 5.82 Å². The minimum Gasteiger partial charge on any atom is -0.297 e. The van der Waals surface area contributed by atoms with E-state index in [4.69, 9.17) is 0 Å². The zero-order chi connectivity index (χ0) is 14.7. The van der Waals surface area contributed by atoms with Crippen molar-refractivity contribution in [2.24, 2.45) is 0 Å². The van der Waals surface area contributed by atoms with E-state index in [1.165, 1.54) is 0 Å². The van der Waals surface area contributed by atoms with Gasteiger partial charge in [0.2, 0.25) is 0 Å². The van der Waals surface area contributed by atoms with Crippen LogP contribution in [0.3, 0.4) is 0 Å². The fourth-order valence-corrected chi connectivity index (χ4v) is 2.18. The smallest absolute Gasteiger partial charge is 0.297 e. The maximum atomic E-state index is 12.6. The second kappa shape index (κ2) is 5.63. The fraction of sp³-hybridized carbons (Fsp3) is 0.0588. The first-order valence-corrected chi connectivity index (χ1v) is 6.69. The summed E-state index contributed by atoms with van der Waals surface area (Å²) in [6.45, 7) is 0. The van der Waals surface area contributed by atoms with E-state index >= 15 is 0 Å². The molecule has 0 spiro atoms. The molecule has 0 bridgehead atoms. The molecule has 1 heterocycles. The summed E-state index contributed by atoms with van der Waals surface area (Å²) in [7, 11) is 1.76. The number of anilines is 1. The maximum Gasteiger partial charge on any atom is 0.334 e. The summed E-state index contributed by atoms with van der Waals surface area (Å²) in [5, 5.41) is 0. The molecule has 0 aliphatic heterocycles.